The Kier molecular flexibility index (Phi) is 6.74. The molecule has 1 aliphatic rings. The molecule has 164 valence electrons. The first-order valence-electron chi connectivity index (χ1n) is 9.54. The fraction of sp³-hybridized carbons (Fsp3) is 0.318. The van der Waals surface area contributed by atoms with Gasteiger partial charge >= 0.3 is 5.97 Å². The normalized spacial score (nSPS) is 15.9. The predicted octanol–water partition coefficient (Wildman–Crippen LogP) is 2.69. The standard InChI is InChI=1S/C22H23FN2O6/c1-29-18-7-4-12(8-19(18)30-2)16(11-21(27)31-3)25-22(28)15-10-20(26)24-17-9-13(23)5-6-14(15)17/h4-9,15-16H,10-11H2,1-3H3,(H,24,26)(H,25,28)/t15-,16+/m0/s1. The number of fused-ring (bicyclic) bond motifs is 1. The number of halogens is 1. The Hall–Kier alpha value is -3.62. The molecular formula is C22H23FN2O6. The summed E-state index contributed by atoms with van der Waals surface area (Å²) >= 11 is 0. The van der Waals surface area contributed by atoms with E-state index in [0.717, 1.165) is 0 Å². The van der Waals surface area contributed by atoms with Crippen molar-refractivity contribution in [3.8, 4) is 11.5 Å². The van der Waals surface area contributed by atoms with Gasteiger partial charge in [-0.05, 0) is 35.4 Å². The van der Waals surface area contributed by atoms with Crippen LogP contribution in [-0.4, -0.2) is 39.1 Å². The van der Waals surface area contributed by atoms with Gasteiger partial charge in [0.15, 0.2) is 11.5 Å². The maximum absolute atomic E-state index is 13.6. The third-order valence-electron chi connectivity index (χ3n) is 5.10. The molecule has 2 aromatic rings. The van der Waals surface area contributed by atoms with Gasteiger partial charge in [0.2, 0.25) is 11.8 Å². The van der Waals surface area contributed by atoms with Crippen molar-refractivity contribution >= 4 is 23.5 Å². The molecule has 0 saturated heterocycles. The van der Waals surface area contributed by atoms with Crippen LogP contribution in [0.1, 0.15) is 35.9 Å². The summed E-state index contributed by atoms with van der Waals surface area (Å²) in [6.07, 6.45) is -0.228. The van der Waals surface area contributed by atoms with Crippen molar-refractivity contribution in [1.82, 2.24) is 5.32 Å². The zero-order valence-electron chi connectivity index (χ0n) is 17.4. The van der Waals surface area contributed by atoms with Gasteiger partial charge < -0.3 is 24.8 Å². The quantitative estimate of drug-likeness (QED) is 0.655. The highest BCUT2D eigenvalue weighted by atomic mass is 19.1. The average Bonchev–Trinajstić information content (AvgIpc) is 2.76. The van der Waals surface area contributed by atoms with Crippen molar-refractivity contribution in [2.75, 3.05) is 26.6 Å². The summed E-state index contributed by atoms with van der Waals surface area (Å²) in [4.78, 5) is 37.2. The van der Waals surface area contributed by atoms with Crippen LogP contribution in [0, 0.1) is 5.82 Å². The lowest BCUT2D eigenvalue weighted by Crippen LogP contribution is -2.38. The highest BCUT2D eigenvalue weighted by molar-refractivity contribution is 6.01. The van der Waals surface area contributed by atoms with Crippen LogP contribution in [0.15, 0.2) is 36.4 Å². The van der Waals surface area contributed by atoms with Gasteiger partial charge in [-0.1, -0.05) is 12.1 Å². The largest absolute Gasteiger partial charge is 0.493 e. The zero-order valence-corrected chi connectivity index (χ0v) is 17.4. The number of amides is 2. The summed E-state index contributed by atoms with van der Waals surface area (Å²) in [5.74, 6) is -1.81. The van der Waals surface area contributed by atoms with Gasteiger partial charge in [-0.15, -0.1) is 0 Å². The Morgan fingerprint density at radius 3 is 2.55 bits per heavy atom. The number of carbonyl (C=O) groups is 3. The van der Waals surface area contributed by atoms with Gasteiger partial charge in [0.05, 0.1) is 39.7 Å². The smallest absolute Gasteiger partial charge is 0.307 e. The van der Waals surface area contributed by atoms with E-state index in [-0.39, 0.29) is 18.5 Å². The van der Waals surface area contributed by atoms with E-state index in [1.807, 2.05) is 0 Å². The van der Waals surface area contributed by atoms with Gasteiger partial charge in [-0.3, -0.25) is 14.4 Å². The molecule has 2 aromatic carbocycles. The van der Waals surface area contributed by atoms with Crippen LogP contribution < -0.4 is 20.1 Å². The van der Waals surface area contributed by atoms with Crippen LogP contribution in [0.2, 0.25) is 0 Å². The van der Waals surface area contributed by atoms with Gasteiger partial charge in [-0.2, -0.15) is 0 Å². The fourth-order valence-corrected chi connectivity index (χ4v) is 3.52. The Labute approximate surface area is 178 Å². The van der Waals surface area contributed by atoms with Gasteiger partial charge in [0.1, 0.15) is 5.82 Å². The molecule has 0 spiro atoms. The minimum Gasteiger partial charge on any atom is -0.493 e. The van der Waals surface area contributed by atoms with E-state index in [1.54, 1.807) is 18.2 Å². The lowest BCUT2D eigenvalue weighted by molar-refractivity contribution is -0.141. The molecule has 0 unspecified atom stereocenters. The molecule has 0 bridgehead atoms. The minimum atomic E-state index is -0.829. The summed E-state index contributed by atoms with van der Waals surface area (Å²) in [6, 6.07) is 8.16. The second kappa shape index (κ2) is 9.46. The predicted molar refractivity (Wildman–Crippen MR) is 109 cm³/mol. The highest BCUT2D eigenvalue weighted by Gasteiger charge is 2.33. The molecule has 2 N–H and O–H groups in total. The second-order valence-corrected chi connectivity index (χ2v) is 6.99. The van der Waals surface area contributed by atoms with Gasteiger partial charge in [0, 0.05) is 12.1 Å². The summed E-state index contributed by atoms with van der Waals surface area (Å²) in [5.41, 5.74) is 1.35. The topological polar surface area (TPSA) is 103 Å². The van der Waals surface area contributed by atoms with Crippen LogP contribution in [-0.2, 0) is 19.1 Å². The van der Waals surface area contributed by atoms with Crippen LogP contribution >= 0.6 is 0 Å². The zero-order chi connectivity index (χ0) is 22.5. The maximum Gasteiger partial charge on any atom is 0.307 e. The first kappa shape index (κ1) is 22.1. The molecule has 3 rings (SSSR count). The monoisotopic (exact) mass is 430 g/mol. The summed E-state index contributed by atoms with van der Waals surface area (Å²) in [6.45, 7) is 0. The van der Waals surface area contributed by atoms with Crippen LogP contribution in [0.25, 0.3) is 0 Å². The lowest BCUT2D eigenvalue weighted by atomic mass is 9.89. The van der Waals surface area contributed by atoms with E-state index < -0.39 is 35.6 Å². The van der Waals surface area contributed by atoms with Crippen molar-refractivity contribution in [2.24, 2.45) is 0 Å². The third kappa shape index (κ3) is 4.93. The van der Waals surface area contributed by atoms with Crippen molar-refractivity contribution in [3.63, 3.8) is 0 Å². The first-order valence-corrected chi connectivity index (χ1v) is 9.54. The maximum atomic E-state index is 13.6. The Morgan fingerprint density at radius 1 is 1.13 bits per heavy atom. The minimum absolute atomic E-state index is 0.0959. The van der Waals surface area contributed by atoms with Crippen molar-refractivity contribution in [2.45, 2.75) is 24.8 Å². The van der Waals surface area contributed by atoms with Crippen molar-refractivity contribution in [3.05, 3.63) is 53.3 Å². The number of carbonyl (C=O) groups excluding carboxylic acids is 3. The molecule has 1 heterocycles. The van der Waals surface area contributed by atoms with E-state index in [0.29, 0.717) is 22.6 Å². The lowest BCUT2D eigenvalue weighted by Gasteiger charge is -2.27. The first-order chi connectivity index (χ1) is 14.9. The van der Waals surface area contributed by atoms with Crippen LogP contribution in [0.5, 0.6) is 11.5 Å². The number of ether oxygens (including phenoxy) is 3. The number of methoxy groups -OCH3 is 3. The van der Waals surface area contributed by atoms with E-state index in [1.165, 1.54) is 39.5 Å². The number of rotatable bonds is 7. The fourth-order valence-electron chi connectivity index (χ4n) is 3.52. The molecule has 1 aliphatic heterocycles. The molecule has 2 atom stereocenters. The number of benzene rings is 2. The molecule has 0 aromatic heterocycles. The summed E-state index contributed by atoms with van der Waals surface area (Å²) in [7, 11) is 4.23. The number of anilines is 1. The number of hydrogen-bond acceptors (Lipinski definition) is 6. The molecule has 0 fully saturated rings. The summed E-state index contributed by atoms with van der Waals surface area (Å²) in [5, 5.41) is 5.40. The molecule has 0 radical (unpaired) electrons. The molecular weight excluding hydrogens is 407 g/mol. The van der Waals surface area contributed by atoms with Gasteiger partial charge in [-0.25, -0.2) is 4.39 Å². The molecule has 0 saturated carbocycles. The Bertz CT molecular complexity index is 1010. The number of esters is 1. The van der Waals surface area contributed by atoms with Crippen LogP contribution in [0.3, 0.4) is 0 Å². The Balaban J connectivity index is 1.91. The van der Waals surface area contributed by atoms with Gasteiger partial charge in [0.25, 0.3) is 0 Å². The molecule has 8 nitrogen and oxygen atoms in total. The third-order valence-corrected chi connectivity index (χ3v) is 5.10. The number of nitrogens with one attached hydrogen (secondary N) is 2. The second-order valence-electron chi connectivity index (χ2n) is 6.99. The number of hydrogen-bond donors (Lipinski definition) is 2. The van der Waals surface area contributed by atoms with E-state index >= 15 is 0 Å². The SMILES string of the molecule is COC(=O)C[C@@H](NC(=O)[C@H]1CC(=O)Nc2cc(F)ccc21)c1ccc(OC)c(OC)c1. The molecule has 31 heavy (non-hydrogen) atoms. The molecule has 0 aliphatic carbocycles. The van der Waals surface area contributed by atoms with E-state index in [9.17, 15) is 18.8 Å². The van der Waals surface area contributed by atoms with Crippen molar-refractivity contribution in [1.29, 1.82) is 0 Å². The van der Waals surface area contributed by atoms with Crippen LogP contribution in [0.4, 0.5) is 10.1 Å². The van der Waals surface area contributed by atoms with E-state index in [4.69, 9.17) is 14.2 Å². The average molecular weight is 430 g/mol. The molecule has 2 amide bonds. The van der Waals surface area contributed by atoms with E-state index in [2.05, 4.69) is 10.6 Å². The molecule has 9 heteroatoms. The highest BCUT2D eigenvalue weighted by Crippen LogP contribution is 2.35. The summed E-state index contributed by atoms with van der Waals surface area (Å²) < 4.78 is 28.9. The van der Waals surface area contributed by atoms with Crippen molar-refractivity contribution < 1.29 is 33.0 Å². The Morgan fingerprint density at radius 2 is 1.87 bits per heavy atom.